The highest BCUT2D eigenvalue weighted by molar-refractivity contribution is 7.99. The Hall–Kier alpha value is -0.690. The first kappa shape index (κ1) is 17.4. The lowest BCUT2D eigenvalue weighted by Crippen LogP contribution is -2.47. The molecule has 4 heteroatoms. The largest absolute Gasteiger partial charge is 0.297 e. The molecule has 1 aromatic rings. The molecule has 0 spiro atoms. The van der Waals surface area contributed by atoms with Crippen LogP contribution in [-0.2, 0) is 0 Å². The van der Waals surface area contributed by atoms with Gasteiger partial charge in [0.05, 0.1) is 6.07 Å². The molecule has 0 saturated carbocycles. The highest BCUT2D eigenvalue weighted by Crippen LogP contribution is 2.25. The molecule has 0 aliphatic heterocycles. The van der Waals surface area contributed by atoms with Crippen molar-refractivity contribution in [3.05, 3.63) is 29.3 Å². The molecule has 0 heterocycles. The van der Waals surface area contributed by atoms with E-state index in [4.69, 9.17) is 11.6 Å². The van der Waals surface area contributed by atoms with Crippen molar-refractivity contribution >= 4 is 23.4 Å². The molecule has 0 saturated heterocycles. The lowest BCUT2D eigenvalue weighted by molar-refractivity contribution is 0.341. The molecule has 2 nitrogen and oxygen atoms in total. The van der Waals surface area contributed by atoms with Crippen LogP contribution in [0.25, 0.3) is 0 Å². The summed E-state index contributed by atoms with van der Waals surface area (Å²) in [5.41, 5.74) is -0.386. The lowest BCUT2D eigenvalue weighted by atomic mass is 9.91. The fraction of sp³-hybridized carbons (Fsp3) is 0.562. The summed E-state index contributed by atoms with van der Waals surface area (Å²) in [5, 5.41) is 13.6. The Kier molecular flexibility index (Phi) is 7.43. The Morgan fingerprint density at radius 1 is 1.45 bits per heavy atom. The van der Waals surface area contributed by atoms with Gasteiger partial charge in [0, 0.05) is 16.0 Å². The van der Waals surface area contributed by atoms with Gasteiger partial charge >= 0.3 is 0 Å². The van der Waals surface area contributed by atoms with E-state index in [0.717, 1.165) is 30.0 Å². The summed E-state index contributed by atoms with van der Waals surface area (Å²) in [6, 6.07) is 10.7. The second-order valence-corrected chi connectivity index (χ2v) is 6.86. The lowest BCUT2D eigenvalue weighted by Gasteiger charge is -2.29. The van der Waals surface area contributed by atoms with Crippen LogP contribution in [0.4, 0.5) is 0 Å². The van der Waals surface area contributed by atoms with Crippen molar-refractivity contribution in [3.8, 4) is 6.07 Å². The fourth-order valence-corrected chi connectivity index (χ4v) is 3.36. The SMILES string of the molecule is CCC(C#N)(CCCSc1cccc(Cl)c1)NC(C)C. The quantitative estimate of drug-likeness (QED) is 0.549. The molecule has 1 N–H and O–H groups in total. The third kappa shape index (κ3) is 5.75. The third-order valence-electron chi connectivity index (χ3n) is 3.20. The number of nitrogens with one attached hydrogen (secondary N) is 1. The van der Waals surface area contributed by atoms with Crippen molar-refractivity contribution in [2.75, 3.05) is 5.75 Å². The van der Waals surface area contributed by atoms with Gasteiger partial charge in [-0.05, 0) is 57.1 Å². The first-order valence-electron chi connectivity index (χ1n) is 7.08. The predicted octanol–water partition coefficient (Wildman–Crippen LogP) is 4.88. The smallest absolute Gasteiger partial charge is 0.106 e. The fourth-order valence-electron chi connectivity index (χ4n) is 2.19. The molecule has 110 valence electrons. The van der Waals surface area contributed by atoms with Crippen molar-refractivity contribution < 1.29 is 0 Å². The van der Waals surface area contributed by atoms with Crippen molar-refractivity contribution in [2.24, 2.45) is 0 Å². The minimum Gasteiger partial charge on any atom is -0.297 e. The number of hydrogen-bond acceptors (Lipinski definition) is 3. The van der Waals surface area contributed by atoms with Gasteiger partial charge < -0.3 is 0 Å². The van der Waals surface area contributed by atoms with E-state index in [1.165, 1.54) is 4.90 Å². The minimum atomic E-state index is -0.386. The number of halogens is 1. The average molecular weight is 311 g/mol. The van der Waals surface area contributed by atoms with Gasteiger partial charge in [0.2, 0.25) is 0 Å². The van der Waals surface area contributed by atoms with E-state index in [0.29, 0.717) is 6.04 Å². The van der Waals surface area contributed by atoms with Gasteiger partial charge in [-0.2, -0.15) is 5.26 Å². The van der Waals surface area contributed by atoms with E-state index in [1.807, 2.05) is 18.2 Å². The monoisotopic (exact) mass is 310 g/mol. The number of thioether (sulfide) groups is 1. The molecule has 0 aromatic heterocycles. The van der Waals surface area contributed by atoms with Gasteiger partial charge in [-0.25, -0.2) is 0 Å². The zero-order chi connectivity index (χ0) is 15.0. The summed E-state index contributed by atoms with van der Waals surface area (Å²) < 4.78 is 0. The summed E-state index contributed by atoms with van der Waals surface area (Å²) in [4.78, 5) is 1.19. The van der Waals surface area contributed by atoms with Gasteiger partial charge in [0.1, 0.15) is 5.54 Å². The number of rotatable bonds is 8. The molecule has 1 rings (SSSR count). The molecule has 0 fully saturated rings. The number of hydrogen-bond donors (Lipinski definition) is 1. The van der Waals surface area contributed by atoms with Gasteiger partial charge in [-0.15, -0.1) is 11.8 Å². The molecule has 1 aromatic carbocycles. The van der Waals surface area contributed by atoms with E-state index in [2.05, 4.69) is 38.2 Å². The molecular formula is C16H23ClN2S. The van der Waals surface area contributed by atoms with Gasteiger partial charge in [-0.1, -0.05) is 24.6 Å². The van der Waals surface area contributed by atoms with Gasteiger partial charge in [0.15, 0.2) is 0 Å². The Bertz CT molecular complexity index is 456. The van der Waals surface area contributed by atoms with Crippen LogP contribution >= 0.6 is 23.4 Å². The van der Waals surface area contributed by atoms with Crippen molar-refractivity contribution in [1.82, 2.24) is 5.32 Å². The Balaban J connectivity index is 2.43. The maximum atomic E-state index is 9.44. The predicted molar refractivity (Wildman–Crippen MR) is 88.3 cm³/mol. The van der Waals surface area contributed by atoms with Crippen LogP contribution in [0.3, 0.4) is 0 Å². The normalized spacial score (nSPS) is 14.0. The maximum absolute atomic E-state index is 9.44. The van der Waals surface area contributed by atoms with Crippen molar-refractivity contribution in [3.63, 3.8) is 0 Å². The summed E-state index contributed by atoms with van der Waals surface area (Å²) in [5.74, 6) is 1.00. The highest BCUT2D eigenvalue weighted by atomic mass is 35.5. The molecular weight excluding hydrogens is 288 g/mol. The second-order valence-electron chi connectivity index (χ2n) is 5.26. The third-order valence-corrected chi connectivity index (χ3v) is 4.51. The highest BCUT2D eigenvalue weighted by Gasteiger charge is 2.27. The standard InChI is InChI=1S/C16H23ClN2S/c1-4-16(12-18,19-13(2)3)9-6-10-20-15-8-5-7-14(17)11-15/h5,7-8,11,13,19H,4,6,9-10H2,1-3H3. The van der Waals surface area contributed by atoms with Crippen LogP contribution < -0.4 is 5.32 Å². The van der Waals surface area contributed by atoms with Crippen LogP contribution in [0.2, 0.25) is 5.02 Å². The summed E-state index contributed by atoms with van der Waals surface area (Å²) in [6.07, 6.45) is 2.73. The number of nitriles is 1. The van der Waals surface area contributed by atoms with Crippen LogP contribution in [0.15, 0.2) is 29.2 Å². The van der Waals surface area contributed by atoms with Crippen LogP contribution in [0.5, 0.6) is 0 Å². The molecule has 0 amide bonds. The van der Waals surface area contributed by atoms with Crippen molar-refractivity contribution in [2.45, 2.75) is 56.5 Å². The number of nitrogens with zero attached hydrogens (tertiary/aromatic N) is 1. The van der Waals surface area contributed by atoms with Crippen LogP contribution in [0.1, 0.15) is 40.0 Å². The first-order valence-corrected chi connectivity index (χ1v) is 8.45. The molecule has 0 aliphatic carbocycles. The Morgan fingerprint density at radius 2 is 2.20 bits per heavy atom. The zero-order valence-electron chi connectivity index (χ0n) is 12.4. The maximum Gasteiger partial charge on any atom is 0.106 e. The van der Waals surface area contributed by atoms with Gasteiger partial charge in [0.25, 0.3) is 0 Å². The first-order chi connectivity index (χ1) is 9.51. The summed E-state index contributed by atoms with van der Waals surface area (Å²) in [7, 11) is 0. The van der Waals surface area contributed by atoms with Gasteiger partial charge in [-0.3, -0.25) is 5.32 Å². The summed E-state index contributed by atoms with van der Waals surface area (Å²) in [6.45, 7) is 6.24. The molecule has 0 radical (unpaired) electrons. The van der Waals surface area contributed by atoms with E-state index < -0.39 is 0 Å². The van der Waals surface area contributed by atoms with E-state index in [1.54, 1.807) is 11.8 Å². The van der Waals surface area contributed by atoms with E-state index in [-0.39, 0.29) is 5.54 Å². The molecule has 0 aliphatic rings. The minimum absolute atomic E-state index is 0.329. The van der Waals surface area contributed by atoms with Crippen LogP contribution in [0, 0.1) is 11.3 Å². The summed E-state index contributed by atoms with van der Waals surface area (Å²) >= 11 is 7.76. The molecule has 1 unspecified atom stereocenters. The molecule has 1 atom stereocenters. The van der Waals surface area contributed by atoms with Crippen molar-refractivity contribution in [1.29, 1.82) is 5.26 Å². The molecule has 20 heavy (non-hydrogen) atoms. The van der Waals surface area contributed by atoms with E-state index in [9.17, 15) is 5.26 Å². The number of benzene rings is 1. The van der Waals surface area contributed by atoms with Crippen LogP contribution in [-0.4, -0.2) is 17.3 Å². The Labute approximate surface area is 131 Å². The zero-order valence-corrected chi connectivity index (χ0v) is 14.0. The molecule has 0 bridgehead atoms. The Morgan fingerprint density at radius 3 is 2.75 bits per heavy atom. The van der Waals surface area contributed by atoms with E-state index >= 15 is 0 Å². The topological polar surface area (TPSA) is 35.8 Å². The average Bonchev–Trinajstić information content (AvgIpc) is 2.42. The second kappa shape index (κ2) is 8.56.